The van der Waals surface area contributed by atoms with Gasteiger partial charge in [0, 0.05) is 11.8 Å². The largest absolute Gasteiger partial charge is 0.452 e. The Morgan fingerprint density at radius 1 is 1.04 bits per heavy atom. The van der Waals surface area contributed by atoms with Crippen LogP contribution < -0.4 is 10.9 Å². The summed E-state index contributed by atoms with van der Waals surface area (Å²) in [5.74, 6) is -2.00. The summed E-state index contributed by atoms with van der Waals surface area (Å²) in [5.41, 5.74) is 4.75. The van der Waals surface area contributed by atoms with Crippen LogP contribution in [0.5, 0.6) is 0 Å². The number of esters is 1. The van der Waals surface area contributed by atoms with Crippen LogP contribution in [0.15, 0.2) is 42.6 Å². The molecule has 0 radical (unpaired) electrons. The van der Waals surface area contributed by atoms with Crippen molar-refractivity contribution < 1.29 is 19.1 Å². The Morgan fingerprint density at radius 3 is 2.42 bits per heavy atom. The Labute approximate surface area is 146 Å². The minimum Gasteiger partial charge on any atom is -0.452 e. The van der Waals surface area contributed by atoms with Gasteiger partial charge in [-0.15, -0.1) is 0 Å². The first-order valence-electron chi connectivity index (χ1n) is 6.60. The van der Waals surface area contributed by atoms with Crippen molar-refractivity contribution in [3.63, 3.8) is 0 Å². The molecule has 0 fully saturated rings. The van der Waals surface area contributed by atoms with Crippen LogP contribution in [-0.2, 0) is 9.53 Å². The average Bonchev–Trinajstić information content (AvgIpc) is 2.60. The van der Waals surface area contributed by atoms with Crippen LogP contribution in [0, 0.1) is 0 Å². The number of aromatic nitrogens is 1. The molecular formula is C15H11Cl2N3O4. The van der Waals surface area contributed by atoms with Gasteiger partial charge < -0.3 is 4.74 Å². The summed E-state index contributed by atoms with van der Waals surface area (Å²) in [6, 6.07) is 9.56. The lowest BCUT2D eigenvalue weighted by Crippen LogP contribution is -2.43. The van der Waals surface area contributed by atoms with E-state index in [9.17, 15) is 14.4 Å². The number of pyridine rings is 1. The van der Waals surface area contributed by atoms with Crippen LogP contribution in [0.4, 0.5) is 0 Å². The maximum atomic E-state index is 11.7. The topological polar surface area (TPSA) is 97.4 Å². The molecule has 2 amide bonds. The molecule has 1 heterocycles. The molecule has 7 nitrogen and oxygen atoms in total. The zero-order chi connectivity index (χ0) is 17.5. The SMILES string of the molecule is O=C(COC(=O)c1cnc(Cl)c(Cl)c1)NNC(=O)c1ccccc1. The summed E-state index contributed by atoms with van der Waals surface area (Å²) < 4.78 is 4.78. The molecular weight excluding hydrogens is 357 g/mol. The second kappa shape index (κ2) is 8.28. The van der Waals surface area contributed by atoms with Crippen molar-refractivity contribution in [2.75, 3.05) is 6.61 Å². The van der Waals surface area contributed by atoms with Crippen LogP contribution in [0.2, 0.25) is 10.2 Å². The van der Waals surface area contributed by atoms with Crippen molar-refractivity contribution >= 4 is 41.0 Å². The Bertz CT molecular complexity index is 769. The quantitative estimate of drug-likeness (QED) is 0.489. The molecule has 124 valence electrons. The summed E-state index contributed by atoms with van der Waals surface area (Å²) in [4.78, 5) is 38.7. The molecule has 0 bridgehead atoms. The van der Waals surface area contributed by atoms with Crippen molar-refractivity contribution in [1.29, 1.82) is 0 Å². The molecule has 0 saturated carbocycles. The van der Waals surface area contributed by atoms with Crippen LogP contribution >= 0.6 is 23.2 Å². The predicted octanol–water partition coefficient (Wildman–Crippen LogP) is 2.01. The monoisotopic (exact) mass is 367 g/mol. The molecule has 0 aliphatic heterocycles. The van der Waals surface area contributed by atoms with Gasteiger partial charge in [-0.3, -0.25) is 20.4 Å². The minimum atomic E-state index is -0.800. The van der Waals surface area contributed by atoms with Crippen molar-refractivity contribution in [3.8, 4) is 0 Å². The van der Waals surface area contributed by atoms with Crippen LogP contribution in [0.25, 0.3) is 0 Å². The van der Waals surface area contributed by atoms with Gasteiger partial charge in [0.1, 0.15) is 5.15 Å². The van der Waals surface area contributed by atoms with E-state index in [0.29, 0.717) is 5.56 Å². The third kappa shape index (κ3) is 4.94. The molecule has 24 heavy (non-hydrogen) atoms. The van der Waals surface area contributed by atoms with Gasteiger partial charge in [-0.25, -0.2) is 9.78 Å². The van der Waals surface area contributed by atoms with E-state index in [1.807, 2.05) is 0 Å². The third-order valence-electron chi connectivity index (χ3n) is 2.72. The molecule has 0 aliphatic rings. The summed E-state index contributed by atoms with van der Waals surface area (Å²) >= 11 is 11.4. The highest BCUT2D eigenvalue weighted by Crippen LogP contribution is 2.19. The first-order chi connectivity index (χ1) is 11.5. The number of ether oxygens (including phenoxy) is 1. The van der Waals surface area contributed by atoms with Gasteiger partial charge in [0.15, 0.2) is 6.61 Å². The van der Waals surface area contributed by atoms with Gasteiger partial charge in [-0.1, -0.05) is 41.4 Å². The van der Waals surface area contributed by atoms with Gasteiger partial charge in [0.2, 0.25) is 0 Å². The smallest absolute Gasteiger partial charge is 0.340 e. The number of amides is 2. The predicted molar refractivity (Wildman–Crippen MR) is 86.6 cm³/mol. The number of benzene rings is 1. The minimum absolute atomic E-state index is 0.0468. The Kier molecular flexibility index (Phi) is 6.11. The van der Waals surface area contributed by atoms with Crippen LogP contribution in [-0.4, -0.2) is 29.4 Å². The molecule has 9 heteroatoms. The highest BCUT2D eigenvalue weighted by atomic mass is 35.5. The van der Waals surface area contributed by atoms with E-state index in [0.717, 1.165) is 0 Å². The maximum absolute atomic E-state index is 11.7. The Morgan fingerprint density at radius 2 is 1.75 bits per heavy atom. The molecule has 0 unspecified atom stereocenters. The van der Waals surface area contributed by atoms with Gasteiger partial charge in [0.05, 0.1) is 10.6 Å². The Hall–Kier alpha value is -2.64. The number of halogens is 2. The number of nitrogens with zero attached hydrogens (tertiary/aromatic N) is 1. The van der Waals surface area contributed by atoms with Crippen molar-refractivity contribution in [1.82, 2.24) is 15.8 Å². The van der Waals surface area contributed by atoms with Gasteiger partial charge in [0.25, 0.3) is 11.8 Å². The number of nitrogens with one attached hydrogen (secondary N) is 2. The number of hydrogen-bond donors (Lipinski definition) is 2. The van der Waals surface area contributed by atoms with Crippen molar-refractivity contribution in [2.24, 2.45) is 0 Å². The molecule has 2 rings (SSSR count). The number of hydrazine groups is 1. The number of rotatable bonds is 4. The maximum Gasteiger partial charge on any atom is 0.340 e. The second-order valence-electron chi connectivity index (χ2n) is 4.44. The molecule has 2 aromatic rings. The van der Waals surface area contributed by atoms with E-state index in [1.165, 1.54) is 12.3 Å². The summed E-state index contributed by atoms with van der Waals surface area (Å²) in [5, 5.41) is 0.139. The van der Waals surface area contributed by atoms with Crippen LogP contribution in [0.1, 0.15) is 20.7 Å². The van der Waals surface area contributed by atoms with E-state index in [1.54, 1.807) is 30.3 Å². The molecule has 1 aromatic carbocycles. The van der Waals surface area contributed by atoms with E-state index in [4.69, 9.17) is 27.9 Å². The number of hydrogen-bond acceptors (Lipinski definition) is 5. The van der Waals surface area contributed by atoms with Crippen molar-refractivity contribution in [3.05, 3.63) is 63.9 Å². The molecule has 0 aliphatic carbocycles. The van der Waals surface area contributed by atoms with E-state index >= 15 is 0 Å². The highest BCUT2D eigenvalue weighted by Gasteiger charge is 2.13. The standard InChI is InChI=1S/C15H11Cl2N3O4/c16-11-6-10(7-18-13(11)17)15(23)24-8-12(21)19-20-14(22)9-4-2-1-3-5-9/h1-7H,8H2,(H,19,21)(H,20,22). The molecule has 0 saturated heterocycles. The van der Waals surface area contributed by atoms with Gasteiger partial charge in [-0.05, 0) is 18.2 Å². The third-order valence-corrected chi connectivity index (χ3v) is 3.40. The number of carbonyl (C=O) groups excluding carboxylic acids is 3. The van der Waals surface area contributed by atoms with E-state index in [-0.39, 0.29) is 15.7 Å². The first-order valence-corrected chi connectivity index (χ1v) is 7.35. The molecule has 2 N–H and O–H groups in total. The molecule has 1 aromatic heterocycles. The summed E-state index contributed by atoms with van der Waals surface area (Å²) in [6.45, 7) is -0.589. The fourth-order valence-corrected chi connectivity index (χ4v) is 1.84. The lowest BCUT2D eigenvalue weighted by atomic mass is 10.2. The fraction of sp³-hybridized carbons (Fsp3) is 0.0667. The average molecular weight is 368 g/mol. The zero-order valence-electron chi connectivity index (χ0n) is 12.1. The molecule has 0 atom stereocenters. The first kappa shape index (κ1) is 17.7. The molecule has 0 spiro atoms. The van der Waals surface area contributed by atoms with Gasteiger partial charge >= 0.3 is 5.97 Å². The zero-order valence-corrected chi connectivity index (χ0v) is 13.6. The highest BCUT2D eigenvalue weighted by molar-refractivity contribution is 6.41. The Balaban J connectivity index is 1.79. The van der Waals surface area contributed by atoms with Crippen molar-refractivity contribution in [2.45, 2.75) is 0 Å². The number of carbonyl (C=O) groups is 3. The van der Waals surface area contributed by atoms with E-state index in [2.05, 4.69) is 15.8 Å². The normalized spacial score (nSPS) is 9.92. The van der Waals surface area contributed by atoms with Crippen LogP contribution in [0.3, 0.4) is 0 Å². The van der Waals surface area contributed by atoms with E-state index < -0.39 is 24.4 Å². The fourth-order valence-electron chi connectivity index (χ4n) is 1.57. The second-order valence-corrected chi connectivity index (χ2v) is 5.21. The summed E-state index contributed by atoms with van der Waals surface area (Å²) in [6.07, 6.45) is 1.17. The lowest BCUT2D eigenvalue weighted by Gasteiger charge is -2.08. The van der Waals surface area contributed by atoms with Gasteiger partial charge in [-0.2, -0.15) is 0 Å². The summed E-state index contributed by atoms with van der Waals surface area (Å²) in [7, 11) is 0. The lowest BCUT2D eigenvalue weighted by molar-refractivity contribution is -0.125.